The molecule has 0 unspecified atom stereocenters. The Kier molecular flexibility index (Phi) is 3.08. The van der Waals surface area contributed by atoms with Crippen molar-refractivity contribution in [2.45, 2.75) is 0 Å². The number of benzene rings is 2. The van der Waals surface area contributed by atoms with Crippen molar-refractivity contribution in [2.75, 3.05) is 11.1 Å². The molecule has 0 spiro atoms. The van der Waals surface area contributed by atoms with Crippen LogP contribution in [0, 0.1) is 0 Å². The molecule has 1 aromatic heterocycles. The van der Waals surface area contributed by atoms with Crippen LogP contribution < -0.4 is 11.1 Å². The molecular weight excluding hydrogens is 328 g/mol. The third-order valence-electron chi connectivity index (χ3n) is 2.71. The minimum Gasteiger partial charge on any atom is -0.399 e. The predicted molar refractivity (Wildman–Crippen MR) is 82.9 cm³/mol. The molecule has 4 N–H and O–H groups in total. The number of halogens is 2. The molecule has 3 aromatic rings. The summed E-state index contributed by atoms with van der Waals surface area (Å²) in [5.41, 5.74) is 9.03. The first-order valence-electron chi connectivity index (χ1n) is 5.60. The zero-order valence-corrected chi connectivity index (χ0v) is 12.1. The molecule has 0 aliphatic rings. The number of anilines is 3. The standard InChI is InChI=1S/C13H10BrClN4/c14-12-8(15)2-1-3-10(12)18-13-17-9-5-4-7(16)6-11(9)19-13/h1-6H,16H2,(H2,17,18,19). The van der Waals surface area contributed by atoms with E-state index in [4.69, 9.17) is 17.3 Å². The minimum absolute atomic E-state index is 0.642. The smallest absolute Gasteiger partial charge is 0.205 e. The lowest BCUT2D eigenvalue weighted by molar-refractivity contribution is 1.31. The number of H-pyrrole nitrogens is 1. The normalized spacial score (nSPS) is 10.8. The minimum atomic E-state index is 0.642. The molecule has 0 atom stereocenters. The highest BCUT2D eigenvalue weighted by Crippen LogP contribution is 2.32. The third kappa shape index (κ3) is 2.39. The quantitative estimate of drug-likeness (QED) is 0.611. The first-order chi connectivity index (χ1) is 9.13. The first-order valence-corrected chi connectivity index (χ1v) is 6.77. The molecule has 0 aliphatic carbocycles. The number of hydrogen-bond acceptors (Lipinski definition) is 3. The van der Waals surface area contributed by atoms with E-state index < -0.39 is 0 Å². The van der Waals surface area contributed by atoms with Gasteiger partial charge in [-0.3, -0.25) is 0 Å². The second-order valence-corrected chi connectivity index (χ2v) is 5.29. The van der Waals surface area contributed by atoms with E-state index in [1.165, 1.54) is 0 Å². The van der Waals surface area contributed by atoms with E-state index >= 15 is 0 Å². The highest BCUT2D eigenvalue weighted by molar-refractivity contribution is 9.10. The van der Waals surface area contributed by atoms with Gasteiger partial charge in [-0.15, -0.1) is 0 Å². The van der Waals surface area contributed by atoms with Crippen LogP contribution in [0.25, 0.3) is 11.0 Å². The summed E-state index contributed by atoms with van der Waals surface area (Å²) >= 11 is 9.48. The summed E-state index contributed by atoms with van der Waals surface area (Å²) in [4.78, 5) is 7.60. The SMILES string of the molecule is Nc1ccc2nc(Nc3cccc(Cl)c3Br)[nH]c2c1. The van der Waals surface area contributed by atoms with Crippen molar-refractivity contribution in [3.63, 3.8) is 0 Å². The van der Waals surface area contributed by atoms with Crippen LogP contribution >= 0.6 is 27.5 Å². The Morgan fingerprint density at radius 3 is 2.95 bits per heavy atom. The van der Waals surface area contributed by atoms with Crippen molar-refractivity contribution in [2.24, 2.45) is 0 Å². The molecule has 0 radical (unpaired) electrons. The number of fused-ring (bicyclic) bond motifs is 1. The van der Waals surface area contributed by atoms with Gasteiger partial charge in [-0.1, -0.05) is 17.7 Å². The lowest BCUT2D eigenvalue weighted by Gasteiger charge is -2.06. The number of aromatic nitrogens is 2. The summed E-state index contributed by atoms with van der Waals surface area (Å²) in [5, 5.41) is 3.83. The maximum Gasteiger partial charge on any atom is 0.205 e. The van der Waals surface area contributed by atoms with Crippen LogP contribution in [0.5, 0.6) is 0 Å². The molecule has 3 rings (SSSR count). The number of nitrogens with two attached hydrogens (primary N) is 1. The van der Waals surface area contributed by atoms with Crippen molar-refractivity contribution in [3.8, 4) is 0 Å². The molecule has 0 aliphatic heterocycles. The van der Waals surface area contributed by atoms with Crippen molar-refractivity contribution in [1.29, 1.82) is 0 Å². The number of nitrogens with one attached hydrogen (secondary N) is 2. The van der Waals surface area contributed by atoms with Crippen LogP contribution in [0.2, 0.25) is 5.02 Å². The molecule has 1 heterocycles. The summed E-state index contributed by atoms with van der Waals surface area (Å²) in [6.07, 6.45) is 0. The van der Waals surface area contributed by atoms with Crippen molar-refractivity contribution in [3.05, 3.63) is 45.9 Å². The van der Waals surface area contributed by atoms with Crippen LogP contribution in [0.4, 0.5) is 17.3 Å². The maximum atomic E-state index is 6.05. The fourth-order valence-electron chi connectivity index (χ4n) is 1.81. The Bertz CT molecular complexity index is 753. The van der Waals surface area contributed by atoms with Gasteiger partial charge in [0.05, 0.1) is 26.2 Å². The highest BCUT2D eigenvalue weighted by atomic mass is 79.9. The zero-order chi connectivity index (χ0) is 13.4. The predicted octanol–water partition coefficient (Wildman–Crippen LogP) is 4.30. The van der Waals surface area contributed by atoms with Gasteiger partial charge in [0.2, 0.25) is 5.95 Å². The molecule has 0 saturated heterocycles. The van der Waals surface area contributed by atoms with Crippen LogP contribution in [-0.4, -0.2) is 9.97 Å². The van der Waals surface area contributed by atoms with E-state index in [-0.39, 0.29) is 0 Å². The lowest BCUT2D eigenvalue weighted by atomic mass is 10.3. The first kappa shape index (κ1) is 12.3. The average molecular weight is 338 g/mol. The molecule has 6 heteroatoms. The molecular formula is C13H10BrClN4. The number of aromatic amines is 1. The Morgan fingerprint density at radius 2 is 2.11 bits per heavy atom. The van der Waals surface area contributed by atoms with E-state index in [2.05, 4.69) is 31.2 Å². The van der Waals surface area contributed by atoms with Crippen molar-refractivity contribution >= 4 is 55.9 Å². The fourth-order valence-corrected chi connectivity index (χ4v) is 2.35. The Hall–Kier alpha value is -1.72. The monoisotopic (exact) mass is 336 g/mol. The second kappa shape index (κ2) is 4.75. The van der Waals surface area contributed by atoms with Crippen LogP contribution in [0.3, 0.4) is 0 Å². The number of rotatable bonds is 2. The molecule has 4 nitrogen and oxygen atoms in total. The van der Waals surface area contributed by atoms with Gasteiger partial charge in [0.1, 0.15) is 0 Å². The zero-order valence-electron chi connectivity index (χ0n) is 9.74. The van der Waals surface area contributed by atoms with E-state index in [0.717, 1.165) is 21.2 Å². The summed E-state index contributed by atoms with van der Waals surface area (Å²) in [6.45, 7) is 0. The summed E-state index contributed by atoms with van der Waals surface area (Å²) < 4.78 is 0.802. The van der Waals surface area contributed by atoms with Gasteiger partial charge in [-0.25, -0.2) is 4.98 Å². The molecule has 0 saturated carbocycles. The van der Waals surface area contributed by atoms with Gasteiger partial charge in [0.25, 0.3) is 0 Å². The Balaban J connectivity index is 1.99. The van der Waals surface area contributed by atoms with Crippen LogP contribution in [-0.2, 0) is 0 Å². The van der Waals surface area contributed by atoms with E-state index in [1.54, 1.807) is 0 Å². The van der Waals surface area contributed by atoms with Crippen LogP contribution in [0.1, 0.15) is 0 Å². The molecule has 0 fully saturated rings. The number of nitrogen functional groups attached to an aromatic ring is 1. The van der Waals surface area contributed by atoms with Gasteiger partial charge in [-0.2, -0.15) is 0 Å². The topological polar surface area (TPSA) is 66.7 Å². The Labute approximate surface area is 123 Å². The summed E-state index contributed by atoms with van der Waals surface area (Å²) in [6, 6.07) is 11.1. The fraction of sp³-hybridized carbons (Fsp3) is 0. The van der Waals surface area contributed by atoms with Gasteiger partial charge in [-0.05, 0) is 46.3 Å². The molecule has 0 amide bonds. The van der Waals surface area contributed by atoms with Crippen LogP contribution in [0.15, 0.2) is 40.9 Å². The lowest BCUT2D eigenvalue weighted by Crippen LogP contribution is -1.93. The average Bonchev–Trinajstić information content (AvgIpc) is 2.76. The Morgan fingerprint density at radius 1 is 1.26 bits per heavy atom. The number of imidazole rings is 1. The van der Waals surface area contributed by atoms with E-state index in [0.29, 0.717) is 16.7 Å². The van der Waals surface area contributed by atoms with E-state index in [1.807, 2.05) is 36.4 Å². The largest absolute Gasteiger partial charge is 0.399 e. The third-order valence-corrected chi connectivity index (χ3v) is 4.11. The van der Waals surface area contributed by atoms with Gasteiger partial charge < -0.3 is 16.0 Å². The summed E-state index contributed by atoms with van der Waals surface area (Å²) in [7, 11) is 0. The number of nitrogens with zero attached hydrogens (tertiary/aromatic N) is 1. The molecule has 0 bridgehead atoms. The summed E-state index contributed by atoms with van der Waals surface area (Å²) in [5.74, 6) is 0.642. The van der Waals surface area contributed by atoms with Gasteiger partial charge >= 0.3 is 0 Å². The van der Waals surface area contributed by atoms with Gasteiger partial charge in [0.15, 0.2) is 0 Å². The highest BCUT2D eigenvalue weighted by Gasteiger charge is 2.07. The maximum absolute atomic E-state index is 6.05. The molecule has 2 aromatic carbocycles. The molecule has 96 valence electrons. The van der Waals surface area contributed by atoms with Gasteiger partial charge in [0, 0.05) is 5.69 Å². The van der Waals surface area contributed by atoms with Crippen molar-refractivity contribution < 1.29 is 0 Å². The van der Waals surface area contributed by atoms with E-state index in [9.17, 15) is 0 Å². The molecule has 19 heavy (non-hydrogen) atoms. The number of hydrogen-bond donors (Lipinski definition) is 3. The second-order valence-electron chi connectivity index (χ2n) is 4.09. The van der Waals surface area contributed by atoms with Crippen molar-refractivity contribution in [1.82, 2.24) is 9.97 Å².